The number of aliphatic carboxylic acids is 1. The smallest absolute Gasteiger partial charge is 0.322 e. The van der Waals surface area contributed by atoms with E-state index in [9.17, 15) is 19.5 Å². The molecular weight excluding hydrogens is 322 g/mol. The molecule has 0 unspecified atom stereocenters. The quantitative estimate of drug-likeness (QED) is 0.519. The number of Topliss-reactive ketones (excluding diaryl/α,β-unsaturated/α-hetero) is 1. The van der Waals surface area contributed by atoms with Gasteiger partial charge in [-0.3, -0.25) is 14.4 Å². The summed E-state index contributed by atoms with van der Waals surface area (Å²) < 4.78 is 0. The number of ketones is 1. The summed E-state index contributed by atoms with van der Waals surface area (Å²) in [4.78, 5) is 34.9. The van der Waals surface area contributed by atoms with E-state index in [1.54, 1.807) is 12.1 Å². The lowest BCUT2D eigenvalue weighted by Crippen LogP contribution is -2.35. The molecule has 7 heteroatoms. The maximum Gasteiger partial charge on any atom is 0.322 e. The molecule has 2 rings (SSSR count). The third-order valence-corrected chi connectivity index (χ3v) is 3.79. The molecule has 0 aromatic heterocycles. The van der Waals surface area contributed by atoms with Gasteiger partial charge in [-0.05, 0) is 23.1 Å². The average Bonchev–Trinajstić information content (AvgIpc) is 2.51. The van der Waals surface area contributed by atoms with Gasteiger partial charge in [-0.25, -0.2) is 0 Å². The Morgan fingerprint density at radius 1 is 1.30 bits per heavy atom. The topological polar surface area (TPSA) is 104 Å². The highest BCUT2D eigenvalue weighted by molar-refractivity contribution is 6.26. The van der Waals surface area contributed by atoms with Crippen molar-refractivity contribution in [1.29, 1.82) is 0 Å². The van der Waals surface area contributed by atoms with Crippen molar-refractivity contribution in [2.45, 2.75) is 12.8 Å². The molecule has 6 nitrogen and oxygen atoms in total. The summed E-state index contributed by atoms with van der Waals surface area (Å²) in [7, 11) is 0. The second-order valence-electron chi connectivity index (χ2n) is 5.12. The monoisotopic (exact) mass is 337 g/mol. The third kappa shape index (κ3) is 3.78. The van der Waals surface area contributed by atoms with Gasteiger partial charge in [-0.2, -0.15) is 0 Å². The molecule has 122 valence electrons. The van der Waals surface area contributed by atoms with E-state index in [-0.39, 0.29) is 17.6 Å². The SMILES string of the molecule is O=C(O)CNC(=O)C1=C(CO)c2cc(CCCl)ccc2CC1=O. The van der Waals surface area contributed by atoms with Gasteiger partial charge in [0, 0.05) is 17.9 Å². The molecule has 0 atom stereocenters. The van der Waals surface area contributed by atoms with E-state index in [1.807, 2.05) is 6.07 Å². The van der Waals surface area contributed by atoms with Crippen molar-refractivity contribution in [3.63, 3.8) is 0 Å². The van der Waals surface area contributed by atoms with Crippen LogP contribution in [-0.4, -0.2) is 46.9 Å². The molecule has 0 saturated heterocycles. The number of fused-ring (bicyclic) bond motifs is 1. The normalized spacial score (nSPS) is 13.7. The first-order valence-electron chi connectivity index (χ1n) is 7.03. The number of nitrogens with one attached hydrogen (secondary N) is 1. The number of rotatable bonds is 6. The van der Waals surface area contributed by atoms with E-state index in [2.05, 4.69) is 5.32 Å². The zero-order chi connectivity index (χ0) is 17.0. The number of hydrogen-bond donors (Lipinski definition) is 3. The van der Waals surface area contributed by atoms with Crippen molar-refractivity contribution in [2.24, 2.45) is 0 Å². The number of alkyl halides is 1. The van der Waals surface area contributed by atoms with Crippen molar-refractivity contribution in [3.8, 4) is 0 Å². The number of carbonyl (C=O) groups is 3. The van der Waals surface area contributed by atoms with Crippen LogP contribution in [0.3, 0.4) is 0 Å². The highest BCUT2D eigenvalue weighted by Gasteiger charge is 2.30. The van der Waals surface area contributed by atoms with Gasteiger partial charge in [0.1, 0.15) is 6.54 Å². The first kappa shape index (κ1) is 17.2. The first-order chi connectivity index (χ1) is 11.0. The second kappa shape index (κ2) is 7.39. The Balaban J connectivity index is 2.45. The summed E-state index contributed by atoms with van der Waals surface area (Å²) in [5, 5.41) is 20.4. The Hall–Kier alpha value is -2.18. The van der Waals surface area contributed by atoms with Crippen LogP contribution in [0, 0.1) is 0 Å². The highest BCUT2D eigenvalue weighted by atomic mass is 35.5. The lowest BCUT2D eigenvalue weighted by atomic mass is 9.83. The minimum absolute atomic E-state index is 0.0375. The molecule has 1 aromatic rings. The largest absolute Gasteiger partial charge is 0.480 e. The average molecular weight is 338 g/mol. The van der Waals surface area contributed by atoms with Crippen LogP contribution in [0.15, 0.2) is 23.8 Å². The molecule has 0 saturated carbocycles. The summed E-state index contributed by atoms with van der Waals surface area (Å²) in [5.41, 5.74) is 2.34. The number of benzene rings is 1. The Labute approximate surface area is 137 Å². The van der Waals surface area contributed by atoms with Crippen LogP contribution in [0.4, 0.5) is 0 Å². The maximum absolute atomic E-state index is 12.2. The number of hydrogen-bond acceptors (Lipinski definition) is 4. The van der Waals surface area contributed by atoms with Crippen LogP contribution in [0.25, 0.3) is 5.57 Å². The van der Waals surface area contributed by atoms with Gasteiger partial charge in [0.2, 0.25) is 0 Å². The fraction of sp³-hybridized carbons (Fsp3) is 0.312. The molecule has 1 aliphatic carbocycles. The van der Waals surface area contributed by atoms with E-state index in [1.165, 1.54) is 0 Å². The van der Waals surface area contributed by atoms with Gasteiger partial charge in [-0.15, -0.1) is 11.6 Å². The van der Waals surface area contributed by atoms with Crippen LogP contribution in [0.1, 0.15) is 16.7 Å². The standard InChI is InChI=1S/C16H16ClNO5/c17-4-3-9-1-2-10-6-13(20)15(12(8-19)11(10)5-9)16(23)18-7-14(21)22/h1-2,5,19H,3-4,6-8H2,(H,18,23)(H,21,22). The molecule has 1 amide bonds. The summed E-state index contributed by atoms with van der Waals surface area (Å²) >= 11 is 5.73. The molecule has 0 aliphatic heterocycles. The number of aliphatic hydroxyl groups is 1. The van der Waals surface area contributed by atoms with Crippen LogP contribution >= 0.6 is 11.6 Å². The predicted octanol–water partition coefficient (Wildman–Crippen LogP) is 0.540. The van der Waals surface area contributed by atoms with Crippen LogP contribution < -0.4 is 5.32 Å². The maximum atomic E-state index is 12.2. The molecule has 0 bridgehead atoms. The summed E-state index contributed by atoms with van der Waals surface area (Å²) in [6.07, 6.45) is 0.665. The summed E-state index contributed by atoms with van der Waals surface area (Å²) in [6.45, 7) is -1.08. The minimum atomic E-state index is -1.21. The van der Waals surface area contributed by atoms with E-state index in [0.29, 0.717) is 17.9 Å². The second-order valence-corrected chi connectivity index (χ2v) is 5.50. The fourth-order valence-electron chi connectivity index (χ4n) is 2.56. The molecule has 0 spiro atoms. The highest BCUT2D eigenvalue weighted by Crippen LogP contribution is 2.30. The molecule has 1 aliphatic rings. The number of carboxylic acid groups (broad SMARTS) is 1. The fourth-order valence-corrected chi connectivity index (χ4v) is 2.78. The summed E-state index contributed by atoms with van der Waals surface area (Å²) in [6, 6.07) is 5.45. The number of amides is 1. The number of carboxylic acids is 1. The van der Waals surface area contributed by atoms with Crippen LogP contribution in [0.5, 0.6) is 0 Å². The van der Waals surface area contributed by atoms with Gasteiger partial charge in [0.15, 0.2) is 5.78 Å². The van der Waals surface area contributed by atoms with Crippen molar-refractivity contribution in [1.82, 2.24) is 5.32 Å². The van der Waals surface area contributed by atoms with Crippen LogP contribution in [-0.2, 0) is 27.2 Å². The van der Waals surface area contributed by atoms with E-state index in [4.69, 9.17) is 16.7 Å². The Morgan fingerprint density at radius 2 is 2.04 bits per heavy atom. The molecule has 23 heavy (non-hydrogen) atoms. The lowest BCUT2D eigenvalue weighted by molar-refractivity contribution is -0.137. The predicted molar refractivity (Wildman–Crippen MR) is 84.2 cm³/mol. The summed E-state index contributed by atoms with van der Waals surface area (Å²) in [5.74, 6) is -2.00. The molecule has 0 radical (unpaired) electrons. The molecule has 0 heterocycles. The van der Waals surface area contributed by atoms with Crippen molar-refractivity contribution < 1.29 is 24.6 Å². The van der Waals surface area contributed by atoms with Crippen LogP contribution in [0.2, 0.25) is 0 Å². The lowest BCUT2D eigenvalue weighted by Gasteiger charge is -2.21. The van der Waals surface area contributed by atoms with Crippen molar-refractivity contribution >= 4 is 34.8 Å². The van der Waals surface area contributed by atoms with Gasteiger partial charge in [0.25, 0.3) is 5.91 Å². The molecular formula is C16H16ClNO5. The molecule has 0 fully saturated rings. The van der Waals surface area contributed by atoms with Gasteiger partial charge < -0.3 is 15.5 Å². The van der Waals surface area contributed by atoms with Crippen molar-refractivity contribution in [3.05, 3.63) is 40.5 Å². The number of aryl methyl sites for hydroxylation is 1. The van der Waals surface area contributed by atoms with Gasteiger partial charge in [0.05, 0.1) is 12.2 Å². The van der Waals surface area contributed by atoms with Gasteiger partial charge in [-0.1, -0.05) is 18.2 Å². The Bertz CT molecular complexity index is 696. The van der Waals surface area contributed by atoms with Crippen molar-refractivity contribution in [2.75, 3.05) is 19.0 Å². The third-order valence-electron chi connectivity index (χ3n) is 3.60. The Kier molecular flexibility index (Phi) is 5.52. The number of halogens is 1. The van der Waals surface area contributed by atoms with E-state index in [0.717, 1.165) is 11.1 Å². The van der Waals surface area contributed by atoms with E-state index >= 15 is 0 Å². The zero-order valence-electron chi connectivity index (χ0n) is 12.3. The molecule has 1 aromatic carbocycles. The molecule has 3 N–H and O–H groups in total. The van der Waals surface area contributed by atoms with Gasteiger partial charge >= 0.3 is 5.97 Å². The number of carbonyl (C=O) groups excluding carboxylic acids is 2. The number of aliphatic hydroxyl groups excluding tert-OH is 1. The van der Waals surface area contributed by atoms with E-state index < -0.39 is 30.8 Å². The minimum Gasteiger partial charge on any atom is -0.480 e. The zero-order valence-corrected chi connectivity index (χ0v) is 13.0. The Morgan fingerprint density at radius 3 is 2.65 bits per heavy atom. The first-order valence-corrected chi connectivity index (χ1v) is 7.56.